The molecule has 0 radical (unpaired) electrons. The summed E-state index contributed by atoms with van der Waals surface area (Å²) in [6, 6.07) is 3.81. The minimum Gasteiger partial charge on any atom is -0.468 e. The molecule has 0 bridgehead atoms. The zero-order valence-corrected chi connectivity index (χ0v) is 12.0. The number of benzene rings is 1. The molecule has 1 aromatic carbocycles. The topological polar surface area (TPSA) is 52.3 Å². The van der Waals surface area contributed by atoms with E-state index in [1.54, 1.807) is 0 Å². The number of nitrogens with two attached hydrogens (primary N) is 1. The molecular formula is C14H17F2NO2S. The van der Waals surface area contributed by atoms with Gasteiger partial charge in [0, 0.05) is 10.1 Å². The van der Waals surface area contributed by atoms with Crippen LogP contribution in [0.4, 0.5) is 8.78 Å². The van der Waals surface area contributed by atoms with Gasteiger partial charge in [0.05, 0.1) is 7.11 Å². The van der Waals surface area contributed by atoms with Gasteiger partial charge in [0.25, 0.3) is 0 Å². The Labute approximate surface area is 120 Å². The van der Waals surface area contributed by atoms with Crippen LogP contribution >= 0.6 is 11.8 Å². The SMILES string of the molecule is COC(=O)C1(N)CCCC(Sc2ccc(F)c(F)c2)C1. The van der Waals surface area contributed by atoms with Crippen molar-refractivity contribution in [2.24, 2.45) is 5.73 Å². The van der Waals surface area contributed by atoms with E-state index >= 15 is 0 Å². The zero-order valence-electron chi connectivity index (χ0n) is 11.2. The fourth-order valence-corrected chi connectivity index (χ4v) is 3.86. The fourth-order valence-electron chi connectivity index (χ4n) is 2.49. The first-order valence-electron chi connectivity index (χ1n) is 6.43. The van der Waals surface area contributed by atoms with Crippen LogP contribution in [0, 0.1) is 11.6 Å². The van der Waals surface area contributed by atoms with Gasteiger partial charge in [0.2, 0.25) is 0 Å². The number of esters is 1. The summed E-state index contributed by atoms with van der Waals surface area (Å²) >= 11 is 1.42. The number of ether oxygens (including phenoxy) is 1. The second kappa shape index (κ2) is 6.10. The zero-order chi connectivity index (χ0) is 14.8. The summed E-state index contributed by atoms with van der Waals surface area (Å²) in [6.07, 6.45) is 2.77. The lowest BCUT2D eigenvalue weighted by atomic mass is 9.82. The summed E-state index contributed by atoms with van der Waals surface area (Å²) < 4.78 is 30.8. The highest BCUT2D eigenvalue weighted by Crippen LogP contribution is 2.38. The third-order valence-corrected chi connectivity index (χ3v) is 4.79. The molecule has 1 aromatic rings. The molecule has 1 aliphatic rings. The summed E-state index contributed by atoms with van der Waals surface area (Å²) in [5, 5.41) is 0.0951. The van der Waals surface area contributed by atoms with Gasteiger partial charge < -0.3 is 10.5 Å². The predicted octanol–water partition coefficient (Wildman–Crippen LogP) is 2.87. The van der Waals surface area contributed by atoms with E-state index in [4.69, 9.17) is 10.5 Å². The van der Waals surface area contributed by atoms with E-state index in [9.17, 15) is 13.6 Å². The van der Waals surface area contributed by atoms with Crippen LogP contribution < -0.4 is 5.73 Å². The smallest absolute Gasteiger partial charge is 0.325 e. The maximum Gasteiger partial charge on any atom is 0.325 e. The van der Waals surface area contributed by atoms with Crippen molar-refractivity contribution in [3.63, 3.8) is 0 Å². The molecule has 110 valence electrons. The van der Waals surface area contributed by atoms with E-state index in [2.05, 4.69) is 0 Å². The largest absolute Gasteiger partial charge is 0.468 e. The van der Waals surface area contributed by atoms with E-state index in [0.717, 1.165) is 18.9 Å². The van der Waals surface area contributed by atoms with E-state index in [1.165, 1.54) is 31.0 Å². The number of carbonyl (C=O) groups is 1. The van der Waals surface area contributed by atoms with E-state index in [1.807, 2.05) is 0 Å². The Balaban J connectivity index is 2.06. The average molecular weight is 301 g/mol. The van der Waals surface area contributed by atoms with Crippen LogP contribution in [0.2, 0.25) is 0 Å². The van der Waals surface area contributed by atoms with Crippen molar-refractivity contribution in [2.75, 3.05) is 7.11 Å². The van der Waals surface area contributed by atoms with Crippen LogP contribution in [0.3, 0.4) is 0 Å². The van der Waals surface area contributed by atoms with Crippen LogP contribution in [0.15, 0.2) is 23.1 Å². The number of methoxy groups -OCH3 is 1. The summed E-state index contributed by atoms with van der Waals surface area (Å²) in [5.41, 5.74) is 5.12. The second-order valence-electron chi connectivity index (χ2n) is 5.06. The van der Waals surface area contributed by atoms with E-state index in [-0.39, 0.29) is 5.25 Å². The Kier molecular flexibility index (Phi) is 4.65. The van der Waals surface area contributed by atoms with Crippen molar-refractivity contribution in [3.05, 3.63) is 29.8 Å². The van der Waals surface area contributed by atoms with Gasteiger partial charge in [-0.05, 0) is 43.9 Å². The molecule has 6 heteroatoms. The summed E-state index contributed by atoms with van der Waals surface area (Å²) in [6.45, 7) is 0. The van der Waals surface area contributed by atoms with Crippen molar-refractivity contribution in [1.82, 2.24) is 0 Å². The van der Waals surface area contributed by atoms with Gasteiger partial charge in [-0.1, -0.05) is 0 Å². The van der Waals surface area contributed by atoms with Crippen molar-refractivity contribution < 1.29 is 18.3 Å². The lowest BCUT2D eigenvalue weighted by molar-refractivity contribution is -0.148. The molecule has 0 saturated heterocycles. The van der Waals surface area contributed by atoms with Crippen LogP contribution in [-0.4, -0.2) is 23.9 Å². The van der Waals surface area contributed by atoms with Crippen molar-refractivity contribution >= 4 is 17.7 Å². The van der Waals surface area contributed by atoms with Crippen molar-refractivity contribution in [3.8, 4) is 0 Å². The van der Waals surface area contributed by atoms with Gasteiger partial charge in [-0.2, -0.15) is 0 Å². The minimum absolute atomic E-state index is 0.0951. The molecule has 2 atom stereocenters. The van der Waals surface area contributed by atoms with E-state index in [0.29, 0.717) is 17.7 Å². The van der Waals surface area contributed by atoms with Gasteiger partial charge >= 0.3 is 5.97 Å². The van der Waals surface area contributed by atoms with Gasteiger partial charge in [-0.25, -0.2) is 8.78 Å². The molecule has 0 heterocycles. The van der Waals surface area contributed by atoms with Crippen LogP contribution in [-0.2, 0) is 9.53 Å². The Bertz CT molecular complexity index is 512. The number of hydrogen-bond donors (Lipinski definition) is 1. The molecule has 1 fully saturated rings. The first-order chi connectivity index (χ1) is 9.44. The Morgan fingerprint density at radius 1 is 1.45 bits per heavy atom. The Morgan fingerprint density at radius 2 is 2.20 bits per heavy atom. The monoisotopic (exact) mass is 301 g/mol. The summed E-state index contributed by atoms with van der Waals surface area (Å²) in [4.78, 5) is 12.4. The Hall–Kier alpha value is -1.14. The van der Waals surface area contributed by atoms with Gasteiger partial charge in [-0.3, -0.25) is 4.79 Å². The molecule has 1 aliphatic carbocycles. The maximum atomic E-state index is 13.2. The standard InChI is InChI=1S/C14H17F2NO2S/c1-19-13(18)14(17)6-2-3-10(8-14)20-9-4-5-11(15)12(16)7-9/h4-5,7,10H,2-3,6,8,17H2,1H3. The lowest BCUT2D eigenvalue weighted by Crippen LogP contribution is -2.52. The summed E-state index contributed by atoms with van der Waals surface area (Å²) in [5.74, 6) is -2.13. The second-order valence-corrected chi connectivity index (χ2v) is 6.43. The number of hydrogen-bond acceptors (Lipinski definition) is 4. The molecule has 20 heavy (non-hydrogen) atoms. The molecule has 2 N–H and O–H groups in total. The number of thioether (sulfide) groups is 1. The first-order valence-corrected chi connectivity index (χ1v) is 7.31. The molecule has 3 nitrogen and oxygen atoms in total. The minimum atomic E-state index is -0.969. The fraction of sp³-hybridized carbons (Fsp3) is 0.500. The van der Waals surface area contributed by atoms with Gasteiger partial charge in [0.1, 0.15) is 5.54 Å². The quantitative estimate of drug-likeness (QED) is 0.872. The molecule has 0 spiro atoms. The first kappa shape index (κ1) is 15.3. The lowest BCUT2D eigenvalue weighted by Gasteiger charge is -2.35. The van der Waals surface area contributed by atoms with Gasteiger partial charge in [0.15, 0.2) is 11.6 Å². The molecule has 2 unspecified atom stereocenters. The average Bonchev–Trinajstić information content (AvgIpc) is 2.42. The summed E-state index contributed by atoms with van der Waals surface area (Å²) in [7, 11) is 1.32. The van der Waals surface area contributed by atoms with Crippen molar-refractivity contribution in [2.45, 2.75) is 41.4 Å². The van der Waals surface area contributed by atoms with Crippen LogP contribution in [0.1, 0.15) is 25.7 Å². The maximum absolute atomic E-state index is 13.2. The Morgan fingerprint density at radius 3 is 2.85 bits per heavy atom. The molecule has 0 aromatic heterocycles. The number of rotatable bonds is 3. The molecule has 1 saturated carbocycles. The molecular weight excluding hydrogens is 284 g/mol. The van der Waals surface area contributed by atoms with E-state index < -0.39 is 23.1 Å². The normalized spacial score (nSPS) is 26.3. The van der Waals surface area contributed by atoms with Gasteiger partial charge in [-0.15, -0.1) is 11.8 Å². The van der Waals surface area contributed by atoms with Crippen LogP contribution in [0.5, 0.6) is 0 Å². The highest BCUT2D eigenvalue weighted by atomic mass is 32.2. The molecule has 0 amide bonds. The van der Waals surface area contributed by atoms with Crippen molar-refractivity contribution in [1.29, 1.82) is 0 Å². The molecule has 0 aliphatic heterocycles. The predicted molar refractivity (Wildman–Crippen MR) is 73.4 cm³/mol. The number of carbonyl (C=O) groups excluding carboxylic acids is 1. The third kappa shape index (κ3) is 3.30. The molecule has 2 rings (SSSR count). The highest BCUT2D eigenvalue weighted by molar-refractivity contribution is 8.00. The highest BCUT2D eigenvalue weighted by Gasteiger charge is 2.40. The van der Waals surface area contributed by atoms with Crippen LogP contribution in [0.25, 0.3) is 0 Å². The third-order valence-electron chi connectivity index (χ3n) is 3.53. The number of halogens is 2.